The monoisotopic (exact) mass is 245 g/mol. The van der Waals surface area contributed by atoms with E-state index in [1.165, 1.54) is 19.3 Å². The molecule has 0 spiro atoms. The van der Waals surface area contributed by atoms with E-state index >= 15 is 0 Å². The average Bonchev–Trinajstić information content (AvgIpc) is 2.81. The molecule has 0 aliphatic heterocycles. The first-order chi connectivity index (χ1) is 8.65. The fourth-order valence-electron chi connectivity index (χ4n) is 2.27. The fraction of sp³-hybridized carbons (Fsp3) is 0.600. The maximum Gasteiger partial charge on any atom is 0.223 e. The zero-order valence-electron chi connectivity index (χ0n) is 11.7. The highest BCUT2D eigenvalue weighted by molar-refractivity contribution is 5.29. The molecule has 0 saturated heterocycles. The smallest absolute Gasteiger partial charge is 0.223 e. The summed E-state index contributed by atoms with van der Waals surface area (Å²) in [5.74, 6) is 1.22. The molecule has 1 aromatic heterocycles. The van der Waals surface area contributed by atoms with E-state index in [9.17, 15) is 0 Å². The maximum absolute atomic E-state index is 4.56. The lowest BCUT2D eigenvalue weighted by Gasteiger charge is -2.10. The lowest BCUT2D eigenvalue weighted by Crippen LogP contribution is -2.08. The Morgan fingerprint density at radius 2 is 2.17 bits per heavy atom. The van der Waals surface area contributed by atoms with Crippen LogP contribution in [0.1, 0.15) is 56.8 Å². The molecule has 1 aliphatic rings. The minimum absolute atomic E-state index is 0.449. The zero-order valence-corrected chi connectivity index (χ0v) is 11.7. The Morgan fingerprint density at radius 3 is 2.83 bits per heavy atom. The largest absolute Gasteiger partial charge is 0.354 e. The predicted molar refractivity (Wildman–Crippen MR) is 75.9 cm³/mol. The second-order valence-corrected chi connectivity index (χ2v) is 5.34. The lowest BCUT2D eigenvalue weighted by molar-refractivity contribution is 0.805. The van der Waals surface area contributed by atoms with Gasteiger partial charge in [-0.25, -0.2) is 9.97 Å². The predicted octanol–water partition coefficient (Wildman–Crippen LogP) is 3.82. The van der Waals surface area contributed by atoms with E-state index in [1.54, 1.807) is 5.57 Å². The van der Waals surface area contributed by atoms with Crippen LogP contribution in [0, 0.1) is 6.92 Å². The van der Waals surface area contributed by atoms with Crippen molar-refractivity contribution >= 4 is 5.95 Å². The standard InChI is InChI=1S/C15H23N3/c1-11(2)14-10-12(3)17-15(18-14)16-9-8-13-6-4-5-7-13/h6,10-11H,4-5,7-9H2,1-3H3,(H,16,17,18). The summed E-state index contributed by atoms with van der Waals surface area (Å²) in [6, 6.07) is 2.06. The molecule has 1 aliphatic carbocycles. The molecular weight excluding hydrogens is 222 g/mol. The van der Waals surface area contributed by atoms with Gasteiger partial charge in [0.05, 0.1) is 0 Å². The Bertz CT molecular complexity index is 435. The van der Waals surface area contributed by atoms with Crippen LogP contribution in [0.25, 0.3) is 0 Å². The highest BCUT2D eigenvalue weighted by atomic mass is 15.1. The first-order valence-corrected chi connectivity index (χ1v) is 6.92. The number of nitrogens with zero attached hydrogens (tertiary/aromatic N) is 2. The van der Waals surface area contributed by atoms with Crippen LogP contribution in [-0.4, -0.2) is 16.5 Å². The molecule has 0 fully saturated rings. The van der Waals surface area contributed by atoms with Gasteiger partial charge < -0.3 is 5.32 Å². The van der Waals surface area contributed by atoms with Gasteiger partial charge in [0.1, 0.15) is 0 Å². The lowest BCUT2D eigenvalue weighted by atomic mass is 10.1. The molecule has 0 atom stereocenters. The second-order valence-electron chi connectivity index (χ2n) is 5.34. The van der Waals surface area contributed by atoms with E-state index < -0.39 is 0 Å². The van der Waals surface area contributed by atoms with E-state index in [1.807, 2.05) is 6.92 Å². The van der Waals surface area contributed by atoms with Gasteiger partial charge in [-0.1, -0.05) is 25.5 Å². The number of aryl methyl sites for hydroxylation is 1. The van der Waals surface area contributed by atoms with Crippen LogP contribution >= 0.6 is 0 Å². The normalized spacial score (nSPS) is 15.0. The Labute approximate surface area is 110 Å². The molecule has 0 bridgehead atoms. The van der Waals surface area contributed by atoms with Gasteiger partial charge in [0.2, 0.25) is 5.95 Å². The minimum Gasteiger partial charge on any atom is -0.354 e. The highest BCUT2D eigenvalue weighted by Gasteiger charge is 2.07. The van der Waals surface area contributed by atoms with Crippen LogP contribution in [0.4, 0.5) is 5.95 Å². The van der Waals surface area contributed by atoms with Crippen LogP contribution in [0.3, 0.4) is 0 Å². The Balaban J connectivity index is 1.92. The van der Waals surface area contributed by atoms with Crippen LogP contribution in [-0.2, 0) is 0 Å². The van der Waals surface area contributed by atoms with E-state index in [-0.39, 0.29) is 0 Å². The molecule has 0 radical (unpaired) electrons. The summed E-state index contributed by atoms with van der Waals surface area (Å²) in [5.41, 5.74) is 3.74. The van der Waals surface area contributed by atoms with Crippen molar-refractivity contribution in [3.05, 3.63) is 29.1 Å². The summed E-state index contributed by atoms with van der Waals surface area (Å²) in [6.07, 6.45) is 7.35. The summed E-state index contributed by atoms with van der Waals surface area (Å²) in [4.78, 5) is 8.99. The van der Waals surface area contributed by atoms with Crippen molar-refractivity contribution in [1.29, 1.82) is 0 Å². The summed E-state index contributed by atoms with van der Waals surface area (Å²) in [6.45, 7) is 7.29. The third-order valence-electron chi connectivity index (χ3n) is 3.33. The molecule has 0 aromatic carbocycles. The third-order valence-corrected chi connectivity index (χ3v) is 3.33. The van der Waals surface area contributed by atoms with Crippen molar-refractivity contribution in [2.45, 2.75) is 52.4 Å². The number of allylic oxidation sites excluding steroid dienone is 1. The SMILES string of the molecule is Cc1cc(C(C)C)nc(NCCC2=CCCC2)n1. The van der Waals surface area contributed by atoms with Gasteiger partial charge in [-0.05, 0) is 44.6 Å². The number of anilines is 1. The first-order valence-electron chi connectivity index (χ1n) is 6.92. The first kappa shape index (κ1) is 13.1. The summed E-state index contributed by atoms with van der Waals surface area (Å²) < 4.78 is 0. The van der Waals surface area contributed by atoms with Gasteiger partial charge in [0.25, 0.3) is 0 Å². The number of nitrogens with one attached hydrogen (secondary N) is 1. The molecule has 2 rings (SSSR count). The van der Waals surface area contributed by atoms with Gasteiger partial charge in [-0.3, -0.25) is 0 Å². The van der Waals surface area contributed by atoms with Gasteiger partial charge in [0.15, 0.2) is 0 Å². The maximum atomic E-state index is 4.56. The molecule has 3 heteroatoms. The Kier molecular flexibility index (Phi) is 4.34. The summed E-state index contributed by atoms with van der Waals surface area (Å²) >= 11 is 0. The number of hydrogen-bond donors (Lipinski definition) is 1. The molecule has 1 aromatic rings. The Hall–Kier alpha value is -1.38. The van der Waals surface area contributed by atoms with Crippen molar-refractivity contribution in [3.8, 4) is 0 Å². The van der Waals surface area contributed by atoms with Crippen molar-refractivity contribution in [2.75, 3.05) is 11.9 Å². The summed E-state index contributed by atoms with van der Waals surface area (Å²) in [7, 11) is 0. The van der Waals surface area contributed by atoms with Gasteiger partial charge in [-0.2, -0.15) is 0 Å². The van der Waals surface area contributed by atoms with E-state index in [0.29, 0.717) is 5.92 Å². The second kappa shape index (κ2) is 5.98. The van der Waals surface area contributed by atoms with Crippen molar-refractivity contribution in [2.24, 2.45) is 0 Å². The number of aromatic nitrogens is 2. The summed E-state index contributed by atoms with van der Waals surface area (Å²) in [5, 5.41) is 3.34. The van der Waals surface area contributed by atoms with Crippen LogP contribution in [0.2, 0.25) is 0 Å². The van der Waals surface area contributed by atoms with Gasteiger partial charge >= 0.3 is 0 Å². The van der Waals surface area contributed by atoms with Crippen LogP contribution in [0.15, 0.2) is 17.7 Å². The number of hydrogen-bond acceptors (Lipinski definition) is 3. The molecule has 0 amide bonds. The van der Waals surface area contributed by atoms with Crippen molar-refractivity contribution in [3.63, 3.8) is 0 Å². The molecule has 18 heavy (non-hydrogen) atoms. The molecule has 0 saturated carbocycles. The zero-order chi connectivity index (χ0) is 13.0. The van der Waals surface area contributed by atoms with E-state index in [0.717, 1.165) is 30.3 Å². The third kappa shape index (κ3) is 3.56. The molecule has 3 nitrogen and oxygen atoms in total. The van der Waals surface area contributed by atoms with Crippen LogP contribution < -0.4 is 5.32 Å². The molecular formula is C15H23N3. The van der Waals surface area contributed by atoms with Crippen LogP contribution in [0.5, 0.6) is 0 Å². The Morgan fingerprint density at radius 1 is 1.33 bits per heavy atom. The average molecular weight is 245 g/mol. The topological polar surface area (TPSA) is 37.8 Å². The molecule has 1 heterocycles. The molecule has 1 N–H and O–H groups in total. The van der Waals surface area contributed by atoms with Crippen molar-refractivity contribution < 1.29 is 0 Å². The number of rotatable bonds is 5. The fourth-order valence-corrected chi connectivity index (χ4v) is 2.27. The highest BCUT2D eigenvalue weighted by Crippen LogP contribution is 2.20. The van der Waals surface area contributed by atoms with E-state index in [4.69, 9.17) is 0 Å². The van der Waals surface area contributed by atoms with Gasteiger partial charge in [0, 0.05) is 17.9 Å². The van der Waals surface area contributed by atoms with E-state index in [2.05, 4.69) is 41.3 Å². The minimum atomic E-state index is 0.449. The molecule has 0 unspecified atom stereocenters. The van der Waals surface area contributed by atoms with Crippen molar-refractivity contribution in [1.82, 2.24) is 9.97 Å². The molecule has 98 valence electrons. The van der Waals surface area contributed by atoms with Gasteiger partial charge in [-0.15, -0.1) is 0 Å². The quantitative estimate of drug-likeness (QED) is 0.801.